The molecule has 0 saturated carbocycles. The van der Waals surface area contributed by atoms with E-state index in [1.807, 2.05) is 49.4 Å². The van der Waals surface area contributed by atoms with Crippen molar-refractivity contribution in [2.24, 2.45) is 0 Å². The second-order valence-electron chi connectivity index (χ2n) is 6.09. The van der Waals surface area contributed by atoms with Crippen LogP contribution in [0.4, 0.5) is 0 Å². The summed E-state index contributed by atoms with van der Waals surface area (Å²) in [5, 5.41) is 5.48. The summed E-state index contributed by atoms with van der Waals surface area (Å²) in [6.45, 7) is 2.03. The Hall–Kier alpha value is -2.86. The predicted octanol–water partition coefficient (Wildman–Crippen LogP) is 3.75. The Labute approximate surface area is 155 Å². The molecule has 26 heavy (non-hydrogen) atoms. The van der Waals surface area contributed by atoms with Crippen molar-refractivity contribution in [3.8, 4) is 5.69 Å². The topological polar surface area (TPSA) is 63.6 Å². The van der Waals surface area contributed by atoms with E-state index >= 15 is 0 Å². The van der Waals surface area contributed by atoms with Crippen molar-refractivity contribution < 1.29 is 0 Å². The Morgan fingerprint density at radius 1 is 1.12 bits per heavy atom. The summed E-state index contributed by atoms with van der Waals surface area (Å²) in [6.07, 6.45) is 2.49. The molecule has 0 aliphatic heterocycles. The lowest BCUT2D eigenvalue weighted by atomic mass is 10.2. The third kappa shape index (κ3) is 3.41. The fraction of sp³-hybridized carbons (Fsp3) is 0.150. The molecular formula is C20H18N4OS. The summed E-state index contributed by atoms with van der Waals surface area (Å²) in [4.78, 5) is 19.9. The van der Waals surface area contributed by atoms with E-state index in [0.717, 1.165) is 23.4 Å². The minimum atomic E-state index is -0.156. The second kappa shape index (κ2) is 7.17. The number of rotatable bonds is 5. The molecule has 1 N–H and O–H groups in total. The zero-order valence-corrected chi connectivity index (χ0v) is 15.2. The van der Waals surface area contributed by atoms with Gasteiger partial charge in [0.25, 0.3) is 5.56 Å². The molecule has 0 saturated heterocycles. The number of thioether (sulfide) groups is 1. The summed E-state index contributed by atoms with van der Waals surface area (Å²) >= 11 is 1.55. The summed E-state index contributed by atoms with van der Waals surface area (Å²) in [7, 11) is 0. The van der Waals surface area contributed by atoms with Crippen molar-refractivity contribution in [2.75, 3.05) is 5.75 Å². The van der Waals surface area contributed by atoms with Crippen molar-refractivity contribution in [1.29, 1.82) is 0 Å². The molecule has 0 bridgehead atoms. The molecular weight excluding hydrogens is 344 g/mol. The predicted molar refractivity (Wildman–Crippen MR) is 105 cm³/mol. The first kappa shape index (κ1) is 16.6. The lowest BCUT2D eigenvalue weighted by molar-refractivity contribution is 0.871. The summed E-state index contributed by atoms with van der Waals surface area (Å²) in [5.41, 5.74) is 3.73. The fourth-order valence-corrected chi connectivity index (χ4v) is 3.67. The number of hydrogen-bond donors (Lipinski definition) is 1. The molecule has 2 aromatic heterocycles. The summed E-state index contributed by atoms with van der Waals surface area (Å²) in [6, 6.07) is 18.3. The number of hydrogen-bond acceptors (Lipinski definition) is 4. The molecule has 0 aliphatic rings. The van der Waals surface area contributed by atoms with Gasteiger partial charge in [0.05, 0.1) is 11.9 Å². The first-order valence-electron chi connectivity index (χ1n) is 8.42. The molecule has 2 heterocycles. The van der Waals surface area contributed by atoms with Crippen LogP contribution in [-0.4, -0.2) is 25.5 Å². The van der Waals surface area contributed by atoms with Crippen molar-refractivity contribution in [1.82, 2.24) is 19.7 Å². The average Bonchev–Trinajstić information content (AvgIpc) is 3.07. The van der Waals surface area contributed by atoms with Gasteiger partial charge in [-0.1, -0.05) is 54.2 Å². The smallest absolute Gasteiger partial charge is 0.262 e. The van der Waals surface area contributed by atoms with E-state index in [1.165, 1.54) is 5.56 Å². The Kier molecular flexibility index (Phi) is 4.58. The van der Waals surface area contributed by atoms with Gasteiger partial charge < -0.3 is 4.98 Å². The number of fused-ring (bicyclic) bond motifs is 1. The number of nitrogens with zero attached hydrogens (tertiary/aromatic N) is 3. The van der Waals surface area contributed by atoms with Gasteiger partial charge in [-0.2, -0.15) is 5.10 Å². The Morgan fingerprint density at radius 2 is 1.96 bits per heavy atom. The van der Waals surface area contributed by atoms with Crippen LogP contribution in [-0.2, 0) is 6.42 Å². The van der Waals surface area contributed by atoms with E-state index in [4.69, 9.17) is 0 Å². The number of aromatic amines is 1. The minimum absolute atomic E-state index is 0.156. The maximum atomic E-state index is 12.4. The lowest BCUT2D eigenvalue weighted by Crippen LogP contribution is -2.10. The minimum Gasteiger partial charge on any atom is -0.301 e. The highest BCUT2D eigenvalue weighted by Crippen LogP contribution is 2.19. The molecule has 130 valence electrons. The fourth-order valence-electron chi connectivity index (χ4n) is 2.83. The molecule has 4 rings (SSSR count). The number of aryl methyl sites for hydroxylation is 2. The third-order valence-electron chi connectivity index (χ3n) is 4.13. The van der Waals surface area contributed by atoms with Gasteiger partial charge in [-0.15, -0.1) is 0 Å². The van der Waals surface area contributed by atoms with Crippen LogP contribution in [0.1, 0.15) is 11.1 Å². The molecule has 0 amide bonds. The van der Waals surface area contributed by atoms with Crippen LogP contribution in [0.3, 0.4) is 0 Å². The molecule has 6 heteroatoms. The van der Waals surface area contributed by atoms with E-state index in [1.54, 1.807) is 22.6 Å². The second-order valence-corrected chi connectivity index (χ2v) is 7.17. The van der Waals surface area contributed by atoms with Gasteiger partial charge in [0.1, 0.15) is 5.39 Å². The van der Waals surface area contributed by atoms with Gasteiger partial charge in [0.2, 0.25) is 0 Å². The average molecular weight is 362 g/mol. The van der Waals surface area contributed by atoms with E-state index in [2.05, 4.69) is 27.2 Å². The maximum Gasteiger partial charge on any atom is 0.262 e. The molecule has 4 aromatic rings. The van der Waals surface area contributed by atoms with Crippen LogP contribution in [0.25, 0.3) is 16.7 Å². The highest BCUT2D eigenvalue weighted by atomic mass is 32.2. The quantitative estimate of drug-likeness (QED) is 0.434. The van der Waals surface area contributed by atoms with E-state index in [0.29, 0.717) is 16.2 Å². The van der Waals surface area contributed by atoms with Crippen molar-refractivity contribution in [2.45, 2.75) is 18.5 Å². The highest BCUT2D eigenvalue weighted by molar-refractivity contribution is 7.99. The van der Waals surface area contributed by atoms with Crippen LogP contribution in [0.5, 0.6) is 0 Å². The highest BCUT2D eigenvalue weighted by Gasteiger charge is 2.12. The van der Waals surface area contributed by atoms with Crippen LogP contribution in [0.15, 0.2) is 70.7 Å². The zero-order chi connectivity index (χ0) is 17.9. The molecule has 0 fully saturated rings. The van der Waals surface area contributed by atoms with E-state index in [-0.39, 0.29) is 5.56 Å². The van der Waals surface area contributed by atoms with E-state index < -0.39 is 0 Å². The maximum absolute atomic E-state index is 12.4. The SMILES string of the molecule is Cc1cccc(-n2ncc3c(=O)[nH]c(SCCc4ccccc4)nc32)c1. The van der Waals surface area contributed by atoms with Crippen LogP contribution in [0.2, 0.25) is 0 Å². The van der Waals surface area contributed by atoms with Gasteiger partial charge in [-0.25, -0.2) is 9.67 Å². The van der Waals surface area contributed by atoms with Gasteiger partial charge in [-0.3, -0.25) is 4.79 Å². The number of benzene rings is 2. The molecule has 0 unspecified atom stereocenters. The molecule has 0 spiro atoms. The number of H-pyrrole nitrogens is 1. The Balaban J connectivity index is 1.62. The van der Waals surface area contributed by atoms with Gasteiger partial charge in [0.15, 0.2) is 10.8 Å². The standard InChI is InChI=1S/C20H18N4OS/c1-14-6-5-9-16(12-14)24-18-17(13-21-24)19(25)23-20(22-18)26-11-10-15-7-3-2-4-8-15/h2-9,12-13H,10-11H2,1H3,(H,22,23,25). The molecule has 0 radical (unpaired) electrons. The summed E-state index contributed by atoms with van der Waals surface area (Å²) < 4.78 is 1.72. The first-order valence-corrected chi connectivity index (χ1v) is 9.41. The van der Waals surface area contributed by atoms with Crippen molar-refractivity contribution in [3.05, 3.63) is 82.3 Å². The van der Waals surface area contributed by atoms with E-state index in [9.17, 15) is 4.79 Å². The monoisotopic (exact) mass is 362 g/mol. The number of aromatic nitrogens is 4. The lowest BCUT2D eigenvalue weighted by Gasteiger charge is -2.05. The van der Waals surface area contributed by atoms with Crippen molar-refractivity contribution >= 4 is 22.8 Å². The first-order chi connectivity index (χ1) is 12.7. The summed E-state index contributed by atoms with van der Waals surface area (Å²) in [5.74, 6) is 0.844. The van der Waals surface area contributed by atoms with Gasteiger partial charge in [-0.05, 0) is 36.6 Å². The molecule has 0 atom stereocenters. The molecule has 2 aromatic carbocycles. The normalized spacial score (nSPS) is 11.1. The number of nitrogens with one attached hydrogen (secondary N) is 1. The molecule has 0 aliphatic carbocycles. The van der Waals surface area contributed by atoms with Crippen molar-refractivity contribution in [3.63, 3.8) is 0 Å². The van der Waals surface area contributed by atoms with Crippen LogP contribution >= 0.6 is 11.8 Å². The Bertz CT molecular complexity index is 1100. The van der Waals surface area contributed by atoms with Crippen LogP contribution in [0, 0.1) is 6.92 Å². The largest absolute Gasteiger partial charge is 0.301 e. The zero-order valence-electron chi connectivity index (χ0n) is 14.3. The third-order valence-corrected chi connectivity index (χ3v) is 5.01. The Morgan fingerprint density at radius 3 is 2.77 bits per heavy atom. The molecule has 5 nitrogen and oxygen atoms in total. The van der Waals surface area contributed by atoms with Crippen LogP contribution < -0.4 is 5.56 Å². The van der Waals surface area contributed by atoms with Gasteiger partial charge in [0, 0.05) is 5.75 Å². The van der Waals surface area contributed by atoms with Gasteiger partial charge >= 0.3 is 0 Å².